The lowest BCUT2D eigenvalue weighted by Crippen LogP contribution is -2.52. The summed E-state index contributed by atoms with van der Waals surface area (Å²) in [5.41, 5.74) is 0. The van der Waals surface area contributed by atoms with E-state index < -0.39 is 8.56 Å². The van der Waals surface area contributed by atoms with Crippen LogP contribution in [0.15, 0.2) is 22.5 Å². The minimum atomic E-state index is -2.44. The van der Waals surface area contributed by atoms with Crippen LogP contribution in [0.4, 0.5) is 0 Å². The SMILES string of the molecule is CCC(C)O[Si](OC(C)CC)(C1=CCCCC1)C1=CCCCC1. The molecule has 0 saturated carbocycles. The molecule has 0 aromatic heterocycles. The summed E-state index contributed by atoms with van der Waals surface area (Å²) in [6, 6.07) is 0. The van der Waals surface area contributed by atoms with E-state index in [1.165, 1.54) is 61.8 Å². The van der Waals surface area contributed by atoms with Crippen molar-refractivity contribution < 1.29 is 8.85 Å². The Bertz CT molecular complexity index is 387. The molecule has 0 aromatic rings. The van der Waals surface area contributed by atoms with Crippen LogP contribution in [-0.4, -0.2) is 20.8 Å². The molecule has 0 fully saturated rings. The van der Waals surface area contributed by atoms with E-state index in [0.29, 0.717) is 0 Å². The molecule has 2 nitrogen and oxygen atoms in total. The average Bonchev–Trinajstić information content (AvgIpc) is 2.62. The normalized spacial score (nSPS) is 22.3. The molecule has 0 bridgehead atoms. The molecule has 0 saturated heterocycles. The first-order valence-corrected chi connectivity index (χ1v) is 11.7. The van der Waals surface area contributed by atoms with Gasteiger partial charge >= 0.3 is 8.56 Å². The van der Waals surface area contributed by atoms with Crippen molar-refractivity contribution in [2.24, 2.45) is 0 Å². The van der Waals surface area contributed by atoms with E-state index in [1.54, 1.807) is 0 Å². The van der Waals surface area contributed by atoms with Crippen molar-refractivity contribution in [1.82, 2.24) is 0 Å². The summed E-state index contributed by atoms with van der Waals surface area (Å²) in [7, 11) is -2.44. The van der Waals surface area contributed by atoms with E-state index in [-0.39, 0.29) is 12.2 Å². The molecule has 0 aliphatic heterocycles. The lowest BCUT2D eigenvalue weighted by molar-refractivity contribution is 0.0971. The Labute approximate surface area is 144 Å². The second-order valence-corrected chi connectivity index (χ2v) is 10.2. The summed E-state index contributed by atoms with van der Waals surface area (Å²) in [6.07, 6.45) is 17.6. The van der Waals surface area contributed by atoms with Gasteiger partial charge in [-0.25, -0.2) is 0 Å². The lowest BCUT2D eigenvalue weighted by atomic mass is 10.1. The molecule has 132 valence electrons. The fourth-order valence-electron chi connectivity index (χ4n) is 3.54. The zero-order chi connectivity index (χ0) is 16.7. The van der Waals surface area contributed by atoms with E-state index in [1.807, 2.05) is 0 Å². The van der Waals surface area contributed by atoms with Crippen molar-refractivity contribution in [3.8, 4) is 0 Å². The van der Waals surface area contributed by atoms with Crippen molar-refractivity contribution in [1.29, 1.82) is 0 Å². The molecule has 2 rings (SSSR count). The number of hydrogen-bond acceptors (Lipinski definition) is 2. The summed E-state index contributed by atoms with van der Waals surface area (Å²) < 4.78 is 13.6. The van der Waals surface area contributed by atoms with E-state index >= 15 is 0 Å². The molecular formula is C20H36O2Si. The van der Waals surface area contributed by atoms with Crippen LogP contribution >= 0.6 is 0 Å². The second kappa shape index (κ2) is 9.19. The molecule has 2 atom stereocenters. The highest BCUT2D eigenvalue weighted by atomic mass is 28.4. The first-order chi connectivity index (χ1) is 11.1. The van der Waals surface area contributed by atoms with E-state index in [9.17, 15) is 0 Å². The smallest absolute Gasteiger partial charge is 0.385 e. The number of allylic oxidation sites excluding steroid dienone is 4. The highest BCUT2D eigenvalue weighted by Gasteiger charge is 2.48. The number of hydrogen-bond donors (Lipinski definition) is 0. The fraction of sp³-hybridized carbons (Fsp3) is 0.800. The molecule has 23 heavy (non-hydrogen) atoms. The maximum Gasteiger partial charge on any atom is 0.398 e. The van der Waals surface area contributed by atoms with Crippen LogP contribution in [0.25, 0.3) is 0 Å². The van der Waals surface area contributed by atoms with Crippen LogP contribution in [0.5, 0.6) is 0 Å². The highest BCUT2D eigenvalue weighted by molar-refractivity contribution is 6.82. The third-order valence-electron chi connectivity index (χ3n) is 5.31. The monoisotopic (exact) mass is 336 g/mol. The third-order valence-corrected chi connectivity index (χ3v) is 9.38. The standard InChI is InChI=1S/C20H36O2Si/c1-5-17(3)21-23(22-18(4)6-2,19-13-9-7-10-14-19)20-15-11-8-12-16-20/h13,15,17-18H,5-12,14,16H2,1-4H3. The van der Waals surface area contributed by atoms with Gasteiger partial charge in [-0.2, -0.15) is 0 Å². The molecule has 2 unspecified atom stereocenters. The van der Waals surface area contributed by atoms with Crippen molar-refractivity contribution in [2.45, 2.75) is 104 Å². The predicted octanol–water partition coefficient (Wildman–Crippen LogP) is 6.14. The first kappa shape index (κ1) is 18.9. The molecule has 0 radical (unpaired) electrons. The minimum absolute atomic E-state index is 0.274. The van der Waals surface area contributed by atoms with Gasteiger partial charge in [0.05, 0.1) is 0 Å². The largest absolute Gasteiger partial charge is 0.398 e. The van der Waals surface area contributed by atoms with Crippen molar-refractivity contribution in [2.75, 3.05) is 0 Å². The van der Waals surface area contributed by atoms with Crippen LogP contribution in [-0.2, 0) is 8.85 Å². The third kappa shape index (κ3) is 4.80. The van der Waals surface area contributed by atoms with Gasteiger partial charge in [-0.15, -0.1) is 0 Å². The molecule has 2 aliphatic carbocycles. The van der Waals surface area contributed by atoms with Gasteiger partial charge in [0.25, 0.3) is 0 Å². The van der Waals surface area contributed by atoms with Gasteiger partial charge in [-0.1, -0.05) is 26.0 Å². The van der Waals surface area contributed by atoms with Gasteiger partial charge in [0, 0.05) is 12.2 Å². The predicted molar refractivity (Wildman–Crippen MR) is 101 cm³/mol. The van der Waals surface area contributed by atoms with Crippen LogP contribution < -0.4 is 0 Å². The summed E-state index contributed by atoms with van der Waals surface area (Å²) >= 11 is 0. The van der Waals surface area contributed by atoms with Crippen LogP contribution in [0.2, 0.25) is 0 Å². The van der Waals surface area contributed by atoms with Gasteiger partial charge in [0.15, 0.2) is 0 Å². The molecular weight excluding hydrogens is 300 g/mol. The summed E-state index contributed by atoms with van der Waals surface area (Å²) in [6.45, 7) is 8.87. The van der Waals surface area contributed by atoms with Gasteiger partial charge in [0.1, 0.15) is 0 Å². The fourth-order valence-corrected chi connectivity index (χ4v) is 7.92. The Morgan fingerprint density at radius 2 is 1.26 bits per heavy atom. The van der Waals surface area contributed by atoms with Crippen LogP contribution in [0.3, 0.4) is 0 Å². The molecule has 0 amide bonds. The summed E-state index contributed by atoms with van der Waals surface area (Å²) in [5, 5.41) is 3.05. The molecule has 0 N–H and O–H groups in total. The van der Waals surface area contributed by atoms with Crippen molar-refractivity contribution in [3.63, 3.8) is 0 Å². The maximum absolute atomic E-state index is 6.82. The zero-order valence-electron chi connectivity index (χ0n) is 15.7. The Morgan fingerprint density at radius 1 is 0.826 bits per heavy atom. The Balaban J connectivity index is 2.41. The van der Waals surface area contributed by atoms with E-state index in [2.05, 4.69) is 39.8 Å². The number of rotatable bonds is 8. The Kier molecular flexibility index (Phi) is 7.57. The first-order valence-electron chi connectivity index (χ1n) is 9.87. The van der Waals surface area contributed by atoms with E-state index in [4.69, 9.17) is 8.85 Å². The van der Waals surface area contributed by atoms with Crippen LogP contribution in [0, 0.1) is 0 Å². The van der Waals surface area contributed by atoms with Crippen molar-refractivity contribution >= 4 is 8.56 Å². The quantitative estimate of drug-likeness (QED) is 0.496. The highest BCUT2D eigenvalue weighted by Crippen LogP contribution is 2.39. The molecule has 0 aromatic carbocycles. The maximum atomic E-state index is 6.82. The second-order valence-electron chi connectivity index (χ2n) is 7.24. The molecule has 0 heterocycles. The lowest BCUT2D eigenvalue weighted by Gasteiger charge is -2.40. The zero-order valence-corrected chi connectivity index (χ0v) is 16.7. The molecule has 3 heteroatoms. The van der Waals surface area contributed by atoms with Crippen LogP contribution in [0.1, 0.15) is 91.9 Å². The van der Waals surface area contributed by atoms with Gasteiger partial charge < -0.3 is 8.85 Å². The summed E-state index contributed by atoms with van der Waals surface area (Å²) in [5.74, 6) is 0. The van der Waals surface area contributed by atoms with Gasteiger partial charge in [0.2, 0.25) is 0 Å². The Hall–Kier alpha value is -0.383. The minimum Gasteiger partial charge on any atom is -0.385 e. The molecule has 2 aliphatic rings. The molecule has 0 spiro atoms. The van der Waals surface area contributed by atoms with E-state index in [0.717, 1.165) is 12.8 Å². The van der Waals surface area contributed by atoms with Crippen molar-refractivity contribution in [3.05, 3.63) is 22.5 Å². The topological polar surface area (TPSA) is 18.5 Å². The van der Waals surface area contributed by atoms with Gasteiger partial charge in [-0.3, -0.25) is 0 Å². The Morgan fingerprint density at radius 3 is 1.57 bits per heavy atom. The summed E-state index contributed by atoms with van der Waals surface area (Å²) in [4.78, 5) is 0. The van der Waals surface area contributed by atoms with Gasteiger partial charge in [-0.05, 0) is 88.4 Å². The average molecular weight is 337 g/mol.